The molecule has 2 aromatic carbocycles. The van der Waals surface area contributed by atoms with Crippen molar-refractivity contribution < 1.29 is 19.1 Å². The lowest BCUT2D eigenvalue weighted by molar-refractivity contribution is -0.132. The molecule has 0 saturated carbocycles. The highest BCUT2D eigenvalue weighted by Crippen LogP contribution is 2.42. The van der Waals surface area contributed by atoms with Crippen molar-refractivity contribution in [1.29, 1.82) is 5.26 Å². The monoisotopic (exact) mass is 462 g/mol. The lowest BCUT2D eigenvalue weighted by Crippen LogP contribution is -2.29. The van der Waals surface area contributed by atoms with Gasteiger partial charge in [-0.3, -0.25) is 14.5 Å². The summed E-state index contributed by atoms with van der Waals surface area (Å²) in [5.74, 6) is -1.52. The highest BCUT2D eigenvalue weighted by atomic mass is 79.9. The molecule has 3 aromatic rings. The highest BCUT2D eigenvalue weighted by Gasteiger charge is 2.48. The quantitative estimate of drug-likeness (QED) is 0.341. The van der Waals surface area contributed by atoms with Gasteiger partial charge in [0.05, 0.1) is 23.5 Å². The number of nitriles is 1. The number of anilines is 1. The number of amides is 1. The van der Waals surface area contributed by atoms with E-state index in [2.05, 4.69) is 15.9 Å². The number of aliphatic hydroxyl groups is 1. The Labute approximate surface area is 180 Å². The zero-order valence-electron chi connectivity index (χ0n) is 15.8. The first-order valence-corrected chi connectivity index (χ1v) is 9.82. The lowest BCUT2D eigenvalue weighted by Gasteiger charge is -2.23. The molecule has 0 aliphatic carbocycles. The smallest absolute Gasteiger partial charge is 0.300 e. The fraction of sp³-hybridized carbons (Fsp3) is 0.0870. The summed E-state index contributed by atoms with van der Waals surface area (Å²) >= 11 is 3.41. The maximum atomic E-state index is 13.0. The Morgan fingerprint density at radius 2 is 1.90 bits per heavy atom. The van der Waals surface area contributed by atoms with Gasteiger partial charge in [-0.05, 0) is 61.0 Å². The van der Waals surface area contributed by atoms with Crippen molar-refractivity contribution >= 4 is 39.1 Å². The molecule has 7 heteroatoms. The van der Waals surface area contributed by atoms with E-state index >= 15 is 0 Å². The zero-order valence-corrected chi connectivity index (χ0v) is 17.4. The maximum Gasteiger partial charge on any atom is 0.300 e. The molecule has 1 N–H and O–H groups in total. The number of aryl methyl sites for hydroxylation is 1. The summed E-state index contributed by atoms with van der Waals surface area (Å²) in [5.41, 5.74) is 2.08. The van der Waals surface area contributed by atoms with Crippen molar-refractivity contribution in [1.82, 2.24) is 0 Å². The van der Waals surface area contributed by atoms with Crippen LogP contribution in [-0.4, -0.2) is 16.8 Å². The van der Waals surface area contributed by atoms with Crippen molar-refractivity contribution in [2.24, 2.45) is 0 Å². The second-order valence-electron chi connectivity index (χ2n) is 6.81. The molecule has 0 radical (unpaired) electrons. The predicted octanol–water partition coefficient (Wildman–Crippen LogP) is 4.85. The minimum absolute atomic E-state index is 0.0546. The van der Waals surface area contributed by atoms with Crippen molar-refractivity contribution in [2.75, 3.05) is 4.90 Å². The summed E-state index contributed by atoms with van der Waals surface area (Å²) in [5, 5.41) is 20.0. The summed E-state index contributed by atoms with van der Waals surface area (Å²) in [7, 11) is 0. The molecule has 30 heavy (non-hydrogen) atoms. The average molecular weight is 463 g/mol. The van der Waals surface area contributed by atoms with Crippen molar-refractivity contribution in [2.45, 2.75) is 13.0 Å². The Balaban J connectivity index is 1.91. The van der Waals surface area contributed by atoms with E-state index in [1.807, 2.05) is 13.0 Å². The van der Waals surface area contributed by atoms with E-state index in [1.54, 1.807) is 54.6 Å². The fourth-order valence-electron chi connectivity index (χ4n) is 3.46. The van der Waals surface area contributed by atoms with Crippen LogP contribution < -0.4 is 4.90 Å². The number of aliphatic hydroxyl groups excluding tert-OH is 1. The number of benzene rings is 2. The zero-order chi connectivity index (χ0) is 21.4. The molecule has 148 valence electrons. The number of carbonyl (C=O) groups is 2. The van der Waals surface area contributed by atoms with Crippen LogP contribution in [0.1, 0.15) is 28.5 Å². The lowest BCUT2D eigenvalue weighted by atomic mass is 9.98. The molecule has 1 aromatic heterocycles. The molecule has 2 heterocycles. The normalized spacial score (nSPS) is 17.9. The number of ketones is 1. The molecule has 1 aliphatic rings. The number of carbonyl (C=O) groups excluding carboxylic acids is 2. The summed E-state index contributed by atoms with van der Waals surface area (Å²) in [6.07, 6.45) is 1.44. The fourth-order valence-corrected chi connectivity index (χ4v) is 3.71. The third-order valence-electron chi connectivity index (χ3n) is 4.96. The Kier molecular flexibility index (Phi) is 5.02. The van der Waals surface area contributed by atoms with Gasteiger partial charge in [0.15, 0.2) is 0 Å². The van der Waals surface area contributed by atoms with Crippen LogP contribution in [0.5, 0.6) is 0 Å². The van der Waals surface area contributed by atoms with E-state index < -0.39 is 17.7 Å². The van der Waals surface area contributed by atoms with Crippen molar-refractivity contribution in [3.63, 3.8) is 0 Å². The highest BCUT2D eigenvalue weighted by molar-refractivity contribution is 9.10. The number of hydrogen-bond acceptors (Lipinski definition) is 5. The molecule has 4 rings (SSSR count). The standard InChI is InChI=1S/C23H15BrN2O4/c1-13-11-15(6-9-17(13)24)21(27)19-20(18-3-2-10-30-18)26(23(29)22(19)28)16-7-4-14(12-25)5-8-16/h2-11,20,27H,1H3/b21-19-. The molecule has 0 bridgehead atoms. The Morgan fingerprint density at radius 1 is 1.17 bits per heavy atom. The van der Waals surface area contributed by atoms with Crippen LogP contribution in [0.25, 0.3) is 5.76 Å². The Hall–Kier alpha value is -3.63. The van der Waals surface area contributed by atoms with Crippen molar-refractivity contribution in [3.8, 4) is 6.07 Å². The van der Waals surface area contributed by atoms with Crippen LogP contribution in [-0.2, 0) is 9.59 Å². The number of nitrogens with zero attached hydrogens (tertiary/aromatic N) is 2. The minimum Gasteiger partial charge on any atom is -0.507 e. The van der Waals surface area contributed by atoms with Crippen LogP contribution in [0.3, 0.4) is 0 Å². The summed E-state index contributed by atoms with van der Waals surface area (Å²) < 4.78 is 6.38. The van der Waals surface area contributed by atoms with Gasteiger partial charge in [0, 0.05) is 15.7 Å². The van der Waals surface area contributed by atoms with Gasteiger partial charge in [0.25, 0.3) is 11.7 Å². The van der Waals surface area contributed by atoms with E-state index in [-0.39, 0.29) is 11.3 Å². The SMILES string of the molecule is Cc1cc(/C(O)=C2/C(=O)C(=O)N(c3ccc(C#N)cc3)C2c2ccco2)ccc1Br. The van der Waals surface area contributed by atoms with Gasteiger partial charge < -0.3 is 9.52 Å². The van der Waals surface area contributed by atoms with Gasteiger partial charge in [0.1, 0.15) is 17.6 Å². The molecular formula is C23H15BrN2O4. The van der Waals surface area contributed by atoms with Gasteiger partial charge in [-0.2, -0.15) is 5.26 Å². The minimum atomic E-state index is -0.933. The maximum absolute atomic E-state index is 13.0. The van der Waals surface area contributed by atoms with Crippen LogP contribution >= 0.6 is 15.9 Å². The first-order valence-electron chi connectivity index (χ1n) is 9.03. The van der Waals surface area contributed by atoms with Crippen LogP contribution in [0, 0.1) is 18.3 Å². The van der Waals surface area contributed by atoms with E-state index in [0.29, 0.717) is 22.6 Å². The number of furan rings is 1. The number of rotatable bonds is 3. The largest absolute Gasteiger partial charge is 0.507 e. The number of halogens is 1. The first-order chi connectivity index (χ1) is 14.4. The average Bonchev–Trinajstić information content (AvgIpc) is 3.37. The van der Waals surface area contributed by atoms with E-state index in [4.69, 9.17) is 9.68 Å². The summed E-state index contributed by atoms with van der Waals surface area (Å²) in [6.45, 7) is 1.86. The van der Waals surface area contributed by atoms with Crippen LogP contribution in [0.15, 0.2) is 75.3 Å². The van der Waals surface area contributed by atoms with Gasteiger partial charge in [-0.1, -0.05) is 22.0 Å². The number of hydrogen-bond donors (Lipinski definition) is 1. The Morgan fingerprint density at radius 3 is 2.50 bits per heavy atom. The second kappa shape index (κ2) is 7.65. The summed E-state index contributed by atoms with van der Waals surface area (Å²) in [4.78, 5) is 27.2. The second-order valence-corrected chi connectivity index (χ2v) is 7.66. The molecule has 1 atom stereocenters. The Bertz CT molecular complexity index is 1220. The molecular weight excluding hydrogens is 448 g/mol. The van der Waals surface area contributed by atoms with Crippen molar-refractivity contribution in [3.05, 3.63) is 93.4 Å². The molecule has 1 fully saturated rings. The van der Waals surface area contributed by atoms with Gasteiger partial charge in [-0.15, -0.1) is 0 Å². The molecule has 1 saturated heterocycles. The summed E-state index contributed by atoms with van der Waals surface area (Å²) in [6, 6.07) is 15.8. The molecule has 0 spiro atoms. The predicted molar refractivity (Wildman–Crippen MR) is 114 cm³/mol. The first kappa shape index (κ1) is 19.7. The molecule has 1 aliphatic heterocycles. The molecule has 1 unspecified atom stereocenters. The van der Waals surface area contributed by atoms with E-state index in [1.165, 1.54) is 11.2 Å². The van der Waals surface area contributed by atoms with Crippen LogP contribution in [0.4, 0.5) is 5.69 Å². The third kappa shape index (κ3) is 3.21. The number of Topliss-reactive ketones (excluding diaryl/α,β-unsaturated/α-hetero) is 1. The molecule has 6 nitrogen and oxygen atoms in total. The van der Waals surface area contributed by atoms with E-state index in [0.717, 1.165) is 10.0 Å². The topological polar surface area (TPSA) is 94.5 Å². The van der Waals surface area contributed by atoms with Gasteiger partial charge in [0.2, 0.25) is 0 Å². The van der Waals surface area contributed by atoms with Gasteiger partial charge in [-0.25, -0.2) is 0 Å². The van der Waals surface area contributed by atoms with Gasteiger partial charge >= 0.3 is 0 Å². The third-order valence-corrected chi connectivity index (χ3v) is 5.85. The van der Waals surface area contributed by atoms with Crippen LogP contribution in [0.2, 0.25) is 0 Å². The van der Waals surface area contributed by atoms with E-state index in [9.17, 15) is 14.7 Å². The molecule has 1 amide bonds.